The number of hydrogen-bond acceptors (Lipinski definition) is 4. The molecule has 0 fully saturated rings. The van der Waals surface area contributed by atoms with Crippen LogP contribution < -0.4 is 22.1 Å². The van der Waals surface area contributed by atoms with Crippen LogP contribution in [0.3, 0.4) is 0 Å². The van der Waals surface area contributed by atoms with E-state index in [4.69, 9.17) is 11.5 Å². The largest absolute Gasteiger partial charge is 0.330 e. The van der Waals surface area contributed by atoms with Crippen molar-refractivity contribution < 1.29 is 0 Å². The maximum absolute atomic E-state index is 5.99. The molecule has 0 aliphatic heterocycles. The van der Waals surface area contributed by atoms with E-state index in [-0.39, 0.29) is 16.2 Å². The van der Waals surface area contributed by atoms with Gasteiger partial charge in [0.05, 0.1) is 0 Å². The minimum atomic E-state index is 0.212. The van der Waals surface area contributed by atoms with Crippen LogP contribution in [0.2, 0.25) is 0 Å². The zero-order valence-corrected chi connectivity index (χ0v) is 19.2. The fourth-order valence-electron chi connectivity index (χ4n) is 4.09. The molecule has 0 rings (SSSR count). The topological polar surface area (TPSA) is 76.1 Å². The molecule has 0 aromatic heterocycles. The lowest BCUT2D eigenvalue weighted by Crippen LogP contribution is -2.42. The molecule has 0 bridgehead atoms. The average molecular weight is 371 g/mol. The van der Waals surface area contributed by atoms with Gasteiger partial charge in [-0.05, 0) is 60.4 Å². The van der Waals surface area contributed by atoms with Crippen LogP contribution in [0.25, 0.3) is 0 Å². The third-order valence-electron chi connectivity index (χ3n) is 6.20. The summed E-state index contributed by atoms with van der Waals surface area (Å²) >= 11 is 0. The van der Waals surface area contributed by atoms with Gasteiger partial charge in [-0.15, -0.1) is 0 Å². The fourth-order valence-corrected chi connectivity index (χ4v) is 4.09. The minimum Gasteiger partial charge on any atom is -0.330 e. The number of hydrogen-bond donors (Lipinski definition) is 4. The second-order valence-corrected chi connectivity index (χ2v) is 10.8. The lowest BCUT2D eigenvalue weighted by molar-refractivity contribution is 0.166. The first kappa shape index (κ1) is 25.8. The van der Waals surface area contributed by atoms with E-state index in [9.17, 15) is 0 Å². The van der Waals surface area contributed by atoms with Crippen molar-refractivity contribution in [2.45, 2.75) is 81.1 Å². The van der Waals surface area contributed by atoms with Crippen molar-refractivity contribution in [3.05, 3.63) is 0 Å². The summed E-state index contributed by atoms with van der Waals surface area (Å²) in [6.07, 6.45) is 4.65. The van der Waals surface area contributed by atoms with Crippen LogP contribution in [-0.4, -0.2) is 39.3 Å². The van der Waals surface area contributed by atoms with Gasteiger partial charge >= 0.3 is 0 Å². The molecule has 0 spiro atoms. The van der Waals surface area contributed by atoms with Gasteiger partial charge in [-0.3, -0.25) is 0 Å². The maximum atomic E-state index is 5.99. The van der Waals surface area contributed by atoms with E-state index in [1.54, 1.807) is 0 Å². The predicted octanol–water partition coefficient (Wildman–Crippen LogP) is 3.75. The Kier molecular flexibility index (Phi) is 10.9. The molecule has 2 atom stereocenters. The van der Waals surface area contributed by atoms with Gasteiger partial charge in [-0.2, -0.15) is 0 Å². The molecule has 0 heterocycles. The minimum absolute atomic E-state index is 0.212. The summed E-state index contributed by atoms with van der Waals surface area (Å²) in [5, 5.41) is 7.29. The SMILES string of the molecule is CCC(C)(CN)CC(C)(C)CNCCNC[C@@](C)(CC)CC(C)(C)CN. The van der Waals surface area contributed by atoms with Gasteiger partial charge in [0.15, 0.2) is 0 Å². The molecule has 0 aromatic rings. The van der Waals surface area contributed by atoms with E-state index in [0.717, 1.165) is 58.5 Å². The van der Waals surface area contributed by atoms with Crippen LogP contribution in [0, 0.1) is 21.7 Å². The molecule has 0 saturated carbocycles. The Balaban J connectivity index is 4.19. The highest BCUT2D eigenvalue weighted by atomic mass is 15.0. The smallest absolute Gasteiger partial charge is 0.00769 e. The summed E-state index contributed by atoms with van der Waals surface area (Å²) in [4.78, 5) is 0. The van der Waals surface area contributed by atoms with Crippen LogP contribution in [0.1, 0.15) is 81.1 Å². The average Bonchev–Trinajstić information content (AvgIpc) is 2.57. The number of nitrogens with two attached hydrogens (primary N) is 2. The molecule has 4 nitrogen and oxygen atoms in total. The highest BCUT2D eigenvalue weighted by Gasteiger charge is 2.31. The summed E-state index contributed by atoms with van der Waals surface area (Å²) in [6.45, 7) is 24.1. The van der Waals surface area contributed by atoms with Gasteiger partial charge < -0.3 is 22.1 Å². The maximum Gasteiger partial charge on any atom is 0.00769 e. The van der Waals surface area contributed by atoms with Gasteiger partial charge in [-0.25, -0.2) is 0 Å². The molecular formula is C22H50N4. The molecule has 0 amide bonds. The number of rotatable bonds is 15. The van der Waals surface area contributed by atoms with Gasteiger partial charge in [0, 0.05) is 26.2 Å². The van der Waals surface area contributed by atoms with Crippen molar-refractivity contribution in [3.8, 4) is 0 Å². The fraction of sp³-hybridized carbons (Fsp3) is 1.00. The van der Waals surface area contributed by atoms with Crippen LogP contribution in [0.4, 0.5) is 0 Å². The Labute approximate surface area is 164 Å². The summed E-state index contributed by atoms with van der Waals surface area (Å²) in [6, 6.07) is 0. The Bertz CT molecular complexity index is 374. The highest BCUT2D eigenvalue weighted by molar-refractivity contribution is 4.85. The Hall–Kier alpha value is -0.160. The molecule has 26 heavy (non-hydrogen) atoms. The number of nitrogens with one attached hydrogen (secondary N) is 2. The van der Waals surface area contributed by atoms with Gasteiger partial charge in [0.2, 0.25) is 0 Å². The van der Waals surface area contributed by atoms with Crippen molar-refractivity contribution in [1.29, 1.82) is 0 Å². The second-order valence-electron chi connectivity index (χ2n) is 10.8. The van der Waals surface area contributed by atoms with Gasteiger partial charge in [0.1, 0.15) is 0 Å². The van der Waals surface area contributed by atoms with Crippen molar-refractivity contribution >= 4 is 0 Å². The lowest BCUT2D eigenvalue weighted by atomic mass is 9.72. The van der Waals surface area contributed by atoms with Gasteiger partial charge in [-0.1, -0.05) is 55.4 Å². The molecule has 1 unspecified atom stereocenters. The van der Waals surface area contributed by atoms with Crippen molar-refractivity contribution in [2.75, 3.05) is 39.3 Å². The van der Waals surface area contributed by atoms with Crippen LogP contribution in [0.5, 0.6) is 0 Å². The van der Waals surface area contributed by atoms with Crippen LogP contribution in [0.15, 0.2) is 0 Å². The van der Waals surface area contributed by atoms with Crippen molar-refractivity contribution in [2.24, 2.45) is 33.1 Å². The Morgan fingerprint density at radius 1 is 0.615 bits per heavy atom. The zero-order valence-electron chi connectivity index (χ0n) is 19.2. The highest BCUT2D eigenvalue weighted by Crippen LogP contribution is 2.36. The van der Waals surface area contributed by atoms with E-state index in [0.29, 0.717) is 5.41 Å². The van der Waals surface area contributed by atoms with Crippen LogP contribution >= 0.6 is 0 Å². The summed E-state index contributed by atoms with van der Waals surface area (Å²) in [5.41, 5.74) is 13.0. The first-order valence-corrected chi connectivity index (χ1v) is 10.7. The van der Waals surface area contributed by atoms with Crippen LogP contribution in [-0.2, 0) is 0 Å². The first-order chi connectivity index (χ1) is 11.9. The molecule has 0 radical (unpaired) electrons. The van der Waals surface area contributed by atoms with E-state index in [1.807, 2.05) is 0 Å². The molecule has 0 aromatic carbocycles. The molecule has 158 valence electrons. The zero-order chi connectivity index (χ0) is 20.5. The molecular weight excluding hydrogens is 320 g/mol. The Morgan fingerprint density at radius 3 is 1.50 bits per heavy atom. The molecule has 0 saturated heterocycles. The Morgan fingerprint density at radius 2 is 1.08 bits per heavy atom. The summed E-state index contributed by atoms with van der Waals surface area (Å²) in [7, 11) is 0. The second kappa shape index (κ2) is 11.0. The lowest BCUT2D eigenvalue weighted by Gasteiger charge is -2.37. The molecule has 0 aliphatic rings. The monoisotopic (exact) mass is 370 g/mol. The predicted molar refractivity (Wildman–Crippen MR) is 117 cm³/mol. The standard InChI is InChI=1S/C22H50N4/c1-9-21(7,16-24)14-20(5,6)17-25-11-12-26-18-22(8,10-2)13-19(3,4)15-23/h25-26H,9-18,23-24H2,1-8H3/t21?,22-/m0/s1. The molecule has 0 aliphatic carbocycles. The first-order valence-electron chi connectivity index (χ1n) is 10.7. The van der Waals surface area contributed by atoms with Gasteiger partial charge in [0.25, 0.3) is 0 Å². The summed E-state index contributed by atoms with van der Waals surface area (Å²) in [5.74, 6) is 0. The third-order valence-corrected chi connectivity index (χ3v) is 6.20. The van der Waals surface area contributed by atoms with E-state index < -0.39 is 0 Å². The van der Waals surface area contributed by atoms with E-state index >= 15 is 0 Å². The van der Waals surface area contributed by atoms with E-state index in [1.165, 1.54) is 6.42 Å². The van der Waals surface area contributed by atoms with E-state index in [2.05, 4.69) is 66.0 Å². The van der Waals surface area contributed by atoms with Crippen molar-refractivity contribution in [3.63, 3.8) is 0 Å². The quantitative estimate of drug-likeness (QED) is 0.331. The third kappa shape index (κ3) is 10.2. The van der Waals surface area contributed by atoms with Crippen molar-refractivity contribution in [1.82, 2.24) is 10.6 Å². The summed E-state index contributed by atoms with van der Waals surface area (Å²) < 4.78 is 0. The normalized spacial score (nSPS) is 17.8. The molecule has 4 heteroatoms. The molecule has 6 N–H and O–H groups in total.